The van der Waals surface area contributed by atoms with E-state index < -0.39 is 0 Å². The minimum absolute atomic E-state index is 0.582. The van der Waals surface area contributed by atoms with Crippen molar-refractivity contribution in [3.8, 4) is 23.0 Å². The Morgan fingerprint density at radius 2 is 1.31 bits per heavy atom. The van der Waals surface area contributed by atoms with Crippen molar-refractivity contribution in [3.05, 3.63) is 60.7 Å². The van der Waals surface area contributed by atoms with Gasteiger partial charge in [0.15, 0.2) is 11.5 Å². The van der Waals surface area contributed by atoms with Crippen molar-refractivity contribution in [2.45, 2.75) is 40.5 Å². The molecule has 0 spiro atoms. The summed E-state index contributed by atoms with van der Waals surface area (Å²) >= 11 is 0. The summed E-state index contributed by atoms with van der Waals surface area (Å²) in [6.45, 7) is 10.2. The Hall–Kier alpha value is -2.68. The Morgan fingerprint density at radius 1 is 0.621 bits per heavy atom. The molecule has 0 radical (unpaired) electrons. The van der Waals surface area contributed by atoms with Gasteiger partial charge in [-0.15, -0.1) is 0 Å². The Labute approximate surface area is 174 Å². The van der Waals surface area contributed by atoms with Crippen molar-refractivity contribution in [3.63, 3.8) is 0 Å². The third-order valence-electron chi connectivity index (χ3n) is 4.80. The summed E-state index contributed by atoms with van der Waals surface area (Å²) in [7, 11) is 0. The molecule has 0 atom stereocenters. The minimum Gasteiger partial charge on any atom is -0.493 e. The topological polar surface area (TPSA) is 27.7 Å². The molecule has 3 aromatic carbocycles. The Kier molecular flexibility index (Phi) is 7.40. The Morgan fingerprint density at radius 3 is 2.00 bits per heavy atom. The first kappa shape index (κ1) is 21.0. The molecular formula is C26H32O3. The van der Waals surface area contributed by atoms with Crippen LogP contribution in [0.15, 0.2) is 60.7 Å². The molecule has 0 saturated carbocycles. The Bertz CT molecular complexity index is 900. The predicted molar refractivity (Wildman–Crippen MR) is 120 cm³/mol. The second-order valence-corrected chi connectivity index (χ2v) is 8.22. The van der Waals surface area contributed by atoms with Crippen LogP contribution < -0.4 is 14.2 Å². The zero-order chi connectivity index (χ0) is 20.6. The van der Waals surface area contributed by atoms with E-state index in [-0.39, 0.29) is 0 Å². The molecule has 29 heavy (non-hydrogen) atoms. The number of fused-ring (bicyclic) bond motifs is 1. The number of hydrogen-bond donors (Lipinski definition) is 0. The molecule has 0 aromatic heterocycles. The summed E-state index contributed by atoms with van der Waals surface area (Å²) in [6, 6.07) is 20.0. The fourth-order valence-electron chi connectivity index (χ4n) is 3.05. The SMILES string of the molecule is CC(C)CCOc1cccc2c(OCCC(C)C)c(Oc3ccccc3)ccc12. The van der Waals surface area contributed by atoms with Crippen LogP contribution in [0.2, 0.25) is 0 Å². The Balaban J connectivity index is 1.94. The fraction of sp³-hybridized carbons (Fsp3) is 0.385. The van der Waals surface area contributed by atoms with Gasteiger partial charge in [0, 0.05) is 10.8 Å². The predicted octanol–water partition coefficient (Wildman–Crippen LogP) is 7.48. The lowest BCUT2D eigenvalue weighted by atomic mass is 10.1. The average molecular weight is 393 g/mol. The third kappa shape index (κ3) is 5.90. The van der Waals surface area contributed by atoms with Gasteiger partial charge in [0.2, 0.25) is 0 Å². The van der Waals surface area contributed by atoms with Crippen molar-refractivity contribution in [2.24, 2.45) is 11.8 Å². The molecule has 3 aromatic rings. The molecule has 0 saturated heterocycles. The lowest BCUT2D eigenvalue weighted by Crippen LogP contribution is -2.04. The smallest absolute Gasteiger partial charge is 0.169 e. The standard InChI is InChI=1S/C26H32O3/c1-19(2)15-17-27-24-12-8-11-23-22(24)13-14-25(26(23)28-18-16-20(3)4)29-21-9-6-5-7-10-21/h5-14,19-20H,15-18H2,1-4H3. The van der Waals surface area contributed by atoms with E-state index in [9.17, 15) is 0 Å². The molecule has 0 aliphatic heterocycles. The van der Waals surface area contributed by atoms with Gasteiger partial charge < -0.3 is 14.2 Å². The van der Waals surface area contributed by atoms with E-state index in [4.69, 9.17) is 14.2 Å². The normalized spacial score (nSPS) is 11.2. The van der Waals surface area contributed by atoms with Gasteiger partial charge in [-0.1, -0.05) is 58.0 Å². The second kappa shape index (κ2) is 10.2. The van der Waals surface area contributed by atoms with Crippen LogP contribution >= 0.6 is 0 Å². The molecule has 0 aliphatic rings. The van der Waals surface area contributed by atoms with Crippen LogP contribution in [-0.4, -0.2) is 13.2 Å². The maximum atomic E-state index is 6.25. The number of rotatable bonds is 10. The summed E-state index contributed by atoms with van der Waals surface area (Å²) in [5.41, 5.74) is 0. The van der Waals surface area contributed by atoms with Crippen LogP contribution in [0.4, 0.5) is 0 Å². The largest absolute Gasteiger partial charge is 0.493 e. The van der Waals surface area contributed by atoms with Crippen molar-refractivity contribution < 1.29 is 14.2 Å². The van der Waals surface area contributed by atoms with Crippen molar-refractivity contribution >= 4 is 10.8 Å². The van der Waals surface area contributed by atoms with Crippen LogP contribution in [0.25, 0.3) is 10.8 Å². The van der Waals surface area contributed by atoms with Gasteiger partial charge in [0.1, 0.15) is 11.5 Å². The van der Waals surface area contributed by atoms with Gasteiger partial charge in [-0.3, -0.25) is 0 Å². The molecule has 0 amide bonds. The minimum atomic E-state index is 0.582. The summed E-state index contributed by atoms with van der Waals surface area (Å²) in [5, 5.41) is 2.07. The van der Waals surface area contributed by atoms with Crippen molar-refractivity contribution in [2.75, 3.05) is 13.2 Å². The third-order valence-corrected chi connectivity index (χ3v) is 4.80. The molecule has 0 aliphatic carbocycles. The van der Waals surface area contributed by atoms with Crippen molar-refractivity contribution in [1.82, 2.24) is 0 Å². The molecule has 0 fully saturated rings. The first-order valence-corrected chi connectivity index (χ1v) is 10.6. The fourth-order valence-corrected chi connectivity index (χ4v) is 3.05. The lowest BCUT2D eigenvalue weighted by Gasteiger charge is -2.17. The van der Waals surface area contributed by atoms with Crippen LogP contribution in [0, 0.1) is 11.8 Å². The van der Waals surface area contributed by atoms with Crippen LogP contribution in [0.5, 0.6) is 23.0 Å². The number of hydrogen-bond acceptors (Lipinski definition) is 3. The summed E-state index contributed by atoms with van der Waals surface area (Å²) in [4.78, 5) is 0. The molecular weight excluding hydrogens is 360 g/mol. The van der Waals surface area contributed by atoms with E-state index in [0.29, 0.717) is 25.0 Å². The molecule has 0 heterocycles. The number of para-hydroxylation sites is 1. The van der Waals surface area contributed by atoms with Crippen LogP contribution in [0.3, 0.4) is 0 Å². The zero-order valence-corrected chi connectivity index (χ0v) is 18.0. The van der Waals surface area contributed by atoms with Crippen LogP contribution in [-0.2, 0) is 0 Å². The molecule has 154 valence electrons. The first-order valence-electron chi connectivity index (χ1n) is 10.6. The molecule has 0 N–H and O–H groups in total. The van der Waals surface area contributed by atoms with E-state index in [2.05, 4.69) is 39.8 Å². The van der Waals surface area contributed by atoms with Gasteiger partial charge in [0.05, 0.1) is 13.2 Å². The molecule has 3 nitrogen and oxygen atoms in total. The van der Waals surface area contributed by atoms with E-state index in [1.807, 2.05) is 48.5 Å². The van der Waals surface area contributed by atoms with E-state index in [1.54, 1.807) is 0 Å². The second-order valence-electron chi connectivity index (χ2n) is 8.22. The highest BCUT2D eigenvalue weighted by Crippen LogP contribution is 2.41. The summed E-state index contributed by atoms with van der Waals surface area (Å²) < 4.78 is 18.5. The first-order chi connectivity index (χ1) is 14.0. The molecule has 0 bridgehead atoms. The lowest BCUT2D eigenvalue weighted by molar-refractivity contribution is 0.281. The van der Waals surface area contributed by atoms with Gasteiger partial charge >= 0.3 is 0 Å². The van der Waals surface area contributed by atoms with Gasteiger partial charge in [-0.2, -0.15) is 0 Å². The maximum absolute atomic E-state index is 6.25. The molecule has 3 heteroatoms. The highest BCUT2D eigenvalue weighted by molar-refractivity contribution is 5.95. The summed E-state index contributed by atoms with van der Waals surface area (Å²) in [5.74, 6) is 4.39. The summed E-state index contributed by atoms with van der Waals surface area (Å²) in [6.07, 6.45) is 2.02. The quantitative estimate of drug-likeness (QED) is 0.358. The number of ether oxygens (including phenoxy) is 3. The number of benzene rings is 3. The van der Waals surface area contributed by atoms with Gasteiger partial charge in [0.25, 0.3) is 0 Å². The van der Waals surface area contributed by atoms with Gasteiger partial charge in [-0.05, 0) is 55.0 Å². The molecule has 3 rings (SSSR count). The zero-order valence-electron chi connectivity index (χ0n) is 18.0. The van der Waals surface area contributed by atoms with E-state index in [0.717, 1.165) is 46.6 Å². The monoisotopic (exact) mass is 392 g/mol. The highest BCUT2D eigenvalue weighted by Gasteiger charge is 2.15. The highest BCUT2D eigenvalue weighted by atomic mass is 16.5. The maximum Gasteiger partial charge on any atom is 0.169 e. The van der Waals surface area contributed by atoms with Crippen molar-refractivity contribution in [1.29, 1.82) is 0 Å². The molecule has 0 unspecified atom stereocenters. The van der Waals surface area contributed by atoms with E-state index in [1.165, 1.54) is 0 Å². The van der Waals surface area contributed by atoms with Crippen LogP contribution in [0.1, 0.15) is 40.5 Å². The van der Waals surface area contributed by atoms with E-state index >= 15 is 0 Å². The van der Waals surface area contributed by atoms with Gasteiger partial charge in [-0.25, -0.2) is 0 Å². The average Bonchev–Trinajstić information content (AvgIpc) is 2.69.